The highest BCUT2D eigenvalue weighted by molar-refractivity contribution is 9.10. The number of carbonyl (C=O) groups is 1. The number of nitrogens with one attached hydrogen (secondary N) is 3. The van der Waals surface area contributed by atoms with E-state index in [1.165, 1.54) is 17.3 Å². The van der Waals surface area contributed by atoms with E-state index in [-0.39, 0.29) is 11.5 Å². The molecule has 0 radical (unpaired) electrons. The Bertz CT molecular complexity index is 1540. The molecule has 0 fully saturated rings. The van der Waals surface area contributed by atoms with Crippen LogP contribution in [0.5, 0.6) is 0 Å². The van der Waals surface area contributed by atoms with Crippen molar-refractivity contribution >= 4 is 45.0 Å². The standard InChI is InChI=1S/C25H18BrN5O2S/c1-14-6-8-15(9-7-14)13-34-24-28-22(32)21-17-4-2-3-5-19(17)29-25(31(21)30-24)18-12-16(26)10-11-20(18)27-23(25)33/h2-12H,13H2,1H3,(H2,27,28,30,32,33)/p+1/t25-/m1/s1. The van der Waals surface area contributed by atoms with Crippen molar-refractivity contribution in [2.75, 3.05) is 10.6 Å². The van der Waals surface area contributed by atoms with Gasteiger partial charge in [-0.15, -0.1) is 0 Å². The number of aryl methyl sites for hydroxylation is 1. The number of thioether (sulfide) groups is 1. The Balaban J connectivity index is 1.54. The van der Waals surface area contributed by atoms with Crippen LogP contribution in [0, 0.1) is 6.92 Å². The first-order chi connectivity index (χ1) is 16.5. The fourth-order valence-corrected chi connectivity index (χ4v) is 5.60. The average molecular weight is 533 g/mol. The zero-order valence-electron chi connectivity index (χ0n) is 18.1. The summed E-state index contributed by atoms with van der Waals surface area (Å²) in [6, 6.07) is 21.3. The van der Waals surface area contributed by atoms with Crippen molar-refractivity contribution in [1.82, 2.24) is 10.1 Å². The number of rotatable bonds is 3. The van der Waals surface area contributed by atoms with Crippen molar-refractivity contribution in [2.24, 2.45) is 0 Å². The van der Waals surface area contributed by atoms with Crippen LogP contribution in [0.1, 0.15) is 16.7 Å². The maximum Gasteiger partial charge on any atom is 0.374 e. The molecule has 0 saturated heterocycles. The van der Waals surface area contributed by atoms with E-state index in [0.717, 1.165) is 10.0 Å². The summed E-state index contributed by atoms with van der Waals surface area (Å²) in [5, 5.41) is 11.6. The topological polar surface area (TPSA) is 90.8 Å². The van der Waals surface area contributed by atoms with Crippen LogP contribution in [-0.2, 0) is 16.2 Å². The molecule has 34 heavy (non-hydrogen) atoms. The van der Waals surface area contributed by atoms with Crippen molar-refractivity contribution in [2.45, 2.75) is 23.5 Å². The van der Waals surface area contributed by atoms with Crippen LogP contribution < -0.4 is 20.9 Å². The van der Waals surface area contributed by atoms with Crippen LogP contribution in [0.4, 0.5) is 11.4 Å². The third-order valence-electron chi connectivity index (χ3n) is 6.10. The molecule has 0 bridgehead atoms. The van der Waals surface area contributed by atoms with Gasteiger partial charge in [-0.3, -0.25) is 14.6 Å². The van der Waals surface area contributed by atoms with E-state index in [1.807, 2.05) is 49.4 Å². The Hall–Kier alpha value is -3.43. The van der Waals surface area contributed by atoms with Crippen molar-refractivity contribution < 1.29 is 9.48 Å². The molecule has 7 nitrogen and oxygen atoms in total. The Morgan fingerprint density at radius 3 is 2.65 bits per heavy atom. The number of hydrogen-bond donors (Lipinski definition) is 3. The second-order valence-corrected chi connectivity index (χ2v) is 10.2. The number of halogens is 1. The molecule has 168 valence electrons. The first-order valence-electron chi connectivity index (χ1n) is 10.7. The summed E-state index contributed by atoms with van der Waals surface area (Å²) in [5.41, 5.74) is 3.69. The number of fused-ring (bicyclic) bond motifs is 6. The van der Waals surface area contributed by atoms with Crippen LogP contribution in [0.25, 0.3) is 11.3 Å². The number of aromatic amines is 1. The number of amides is 1. The largest absolute Gasteiger partial charge is 0.374 e. The van der Waals surface area contributed by atoms with Gasteiger partial charge < -0.3 is 10.6 Å². The average Bonchev–Trinajstić information content (AvgIpc) is 3.10. The van der Waals surface area contributed by atoms with Crippen molar-refractivity contribution in [3.63, 3.8) is 0 Å². The molecular weight excluding hydrogens is 514 g/mol. The van der Waals surface area contributed by atoms with Gasteiger partial charge in [0.1, 0.15) is 0 Å². The number of carbonyl (C=O) groups excluding carboxylic acids is 1. The zero-order chi connectivity index (χ0) is 23.4. The predicted octanol–water partition coefficient (Wildman–Crippen LogP) is 4.17. The van der Waals surface area contributed by atoms with Crippen molar-refractivity contribution in [3.05, 3.63) is 98.2 Å². The van der Waals surface area contributed by atoms with Gasteiger partial charge in [0.15, 0.2) is 0 Å². The van der Waals surface area contributed by atoms with Crippen LogP contribution in [0.15, 0.2) is 81.2 Å². The zero-order valence-corrected chi connectivity index (χ0v) is 20.5. The summed E-state index contributed by atoms with van der Waals surface area (Å²) in [5.74, 6) is 0.336. The number of hydrogen-bond acceptors (Lipinski definition) is 5. The van der Waals surface area contributed by atoms with Crippen molar-refractivity contribution in [1.29, 1.82) is 0 Å². The molecule has 1 atom stereocenters. The quantitative estimate of drug-likeness (QED) is 0.272. The first-order valence-corrected chi connectivity index (χ1v) is 12.5. The summed E-state index contributed by atoms with van der Waals surface area (Å²) in [6.45, 7) is 2.04. The monoisotopic (exact) mass is 532 g/mol. The molecule has 6 rings (SSSR count). The molecule has 0 saturated carbocycles. The minimum absolute atomic E-state index is 0.297. The van der Waals surface area contributed by atoms with E-state index in [0.29, 0.717) is 39.1 Å². The fourth-order valence-electron chi connectivity index (χ4n) is 4.44. The lowest BCUT2D eigenvalue weighted by Gasteiger charge is -2.28. The molecule has 0 unspecified atom stereocenters. The SMILES string of the molecule is Cc1ccc(CSc2n[n+]3c(c(=O)[nH]2)-c2ccccc2N[C@@]32C(=O)Nc3ccc(Br)cc32)cc1. The Morgan fingerprint density at radius 2 is 1.82 bits per heavy atom. The van der Waals surface area contributed by atoms with Crippen molar-refractivity contribution in [3.8, 4) is 11.3 Å². The Labute approximate surface area is 207 Å². The first kappa shape index (κ1) is 21.1. The summed E-state index contributed by atoms with van der Waals surface area (Å²) < 4.78 is 2.36. The highest BCUT2D eigenvalue weighted by atomic mass is 79.9. The van der Waals surface area contributed by atoms with Gasteiger partial charge in [-0.05, 0) is 47.5 Å². The van der Waals surface area contributed by atoms with Crippen LogP contribution >= 0.6 is 27.7 Å². The minimum atomic E-state index is -1.39. The summed E-state index contributed by atoms with van der Waals surface area (Å²) in [4.78, 5) is 29.9. The molecule has 2 aliphatic rings. The maximum atomic E-state index is 13.6. The number of aromatic nitrogens is 3. The molecule has 1 aromatic heterocycles. The Kier molecular flexibility index (Phi) is 4.86. The van der Waals surface area contributed by atoms with Gasteiger partial charge in [0, 0.05) is 15.3 Å². The molecular formula is C25H19BrN5O2S+. The number of anilines is 2. The van der Waals surface area contributed by atoms with E-state index >= 15 is 0 Å². The van der Waals surface area contributed by atoms with Gasteiger partial charge in [-0.2, -0.15) is 0 Å². The van der Waals surface area contributed by atoms with Crippen LogP contribution in [-0.4, -0.2) is 16.0 Å². The highest BCUT2D eigenvalue weighted by Gasteiger charge is 2.62. The van der Waals surface area contributed by atoms with Gasteiger partial charge in [0.05, 0.1) is 22.5 Å². The molecule has 3 N–H and O–H groups in total. The third-order valence-corrected chi connectivity index (χ3v) is 7.53. The molecule has 1 amide bonds. The number of H-pyrrole nitrogens is 1. The highest BCUT2D eigenvalue weighted by Crippen LogP contribution is 2.42. The number of nitrogens with zero attached hydrogens (tertiary/aromatic N) is 2. The second-order valence-electron chi connectivity index (χ2n) is 8.32. The molecule has 3 heterocycles. The normalized spacial score (nSPS) is 17.5. The van der Waals surface area contributed by atoms with Gasteiger partial charge in [0.25, 0.3) is 0 Å². The molecule has 1 spiro atoms. The summed E-state index contributed by atoms with van der Waals surface area (Å²) >= 11 is 4.94. The maximum absolute atomic E-state index is 13.6. The lowest BCUT2D eigenvalue weighted by molar-refractivity contribution is -0.781. The molecule has 9 heteroatoms. The van der Waals surface area contributed by atoms with E-state index in [9.17, 15) is 9.59 Å². The van der Waals surface area contributed by atoms with E-state index in [1.54, 1.807) is 4.68 Å². The lowest BCUT2D eigenvalue weighted by atomic mass is 9.95. The summed E-state index contributed by atoms with van der Waals surface area (Å²) in [7, 11) is 0. The number of benzene rings is 3. The van der Waals surface area contributed by atoms with Crippen LogP contribution in [0.2, 0.25) is 0 Å². The van der Waals surface area contributed by atoms with E-state index in [4.69, 9.17) is 5.10 Å². The van der Waals surface area contributed by atoms with Gasteiger partial charge >= 0.3 is 22.8 Å². The second kappa shape index (κ2) is 7.82. The minimum Gasteiger partial charge on any atom is -0.317 e. The van der Waals surface area contributed by atoms with E-state index in [2.05, 4.69) is 55.8 Å². The third kappa shape index (κ3) is 3.19. The lowest BCUT2D eigenvalue weighted by Crippen LogP contribution is -2.71. The van der Waals surface area contributed by atoms with Gasteiger partial charge in [0.2, 0.25) is 5.16 Å². The van der Waals surface area contributed by atoms with E-state index < -0.39 is 5.66 Å². The Morgan fingerprint density at radius 1 is 1.03 bits per heavy atom. The predicted molar refractivity (Wildman–Crippen MR) is 135 cm³/mol. The molecule has 3 aromatic carbocycles. The molecule has 4 aromatic rings. The molecule has 2 aliphatic heterocycles. The van der Waals surface area contributed by atoms with Gasteiger partial charge in [-0.1, -0.05) is 69.7 Å². The van der Waals surface area contributed by atoms with Gasteiger partial charge in [-0.25, -0.2) is 0 Å². The van der Waals surface area contributed by atoms with Crippen LogP contribution in [0.3, 0.4) is 0 Å². The summed E-state index contributed by atoms with van der Waals surface area (Å²) in [6.07, 6.45) is 0. The number of para-hydroxylation sites is 1. The fraction of sp³-hybridized carbons (Fsp3) is 0.120. The molecule has 0 aliphatic carbocycles. The smallest absolute Gasteiger partial charge is 0.317 e.